The first-order valence-electron chi connectivity index (χ1n) is 7.31. The van der Waals surface area contributed by atoms with Crippen molar-refractivity contribution in [3.05, 3.63) is 53.6 Å². The van der Waals surface area contributed by atoms with Crippen LogP contribution in [0.15, 0.2) is 42.5 Å². The number of rotatable bonds is 7. The zero-order chi connectivity index (χ0) is 18.4. The van der Waals surface area contributed by atoms with Gasteiger partial charge in [0.25, 0.3) is 5.91 Å². The average molecular weight is 365 g/mol. The minimum Gasteiger partial charge on any atom is -0.493 e. The Morgan fingerprint density at radius 3 is 2.20 bits per heavy atom. The number of carbonyl (C=O) groups is 1. The van der Waals surface area contributed by atoms with E-state index in [1.54, 1.807) is 30.3 Å². The minimum atomic E-state index is -3.56. The standard InChI is InChI=1S/C17H19NO6S/c1-22-15-9-6-13(10-16(15)23-2)17(19)18-11-12-4-7-14(8-5-12)24-25(3,20)21/h4-10H,11H2,1-3H3,(H,18,19). The van der Waals surface area contributed by atoms with E-state index >= 15 is 0 Å². The molecule has 0 aromatic heterocycles. The molecule has 0 unspecified atom stereocenters. The second-order valence-electron chi connectivity index (χ2n) is 5.18. The fourth-order valence-electron chi connectivity index (χ4n) is 2.10. The first-order chi connectivity index (χ1) is 11.8. The molecule has 0 spiro atoms. The van der Waals surface area contributed by atoms with E-state index in [1.807, 2.05) is 0 Å². The first kappa shape index (κ1) is 18.6. The molecule has 2 aromatic rings. The van der Waals surface area contributed by atoms with E-state index in [2.05, 4.69) is 5.32 Å². The van der Waals surface area contributed by atoms with Gasteiger partial charge in [-0.1, -0.05) is 12.1 Å². The Balaban J connectivity index is 2.00. The van der Waals surface area contributed by atoms with E-state index in [-0.39, 0.29) is 18.2 Å². The van der Waals surface area contributed by atoms with E-state index in [0.717, 1.165) is 11.8 Å². The van der Waals surface area contributed by atoms with Gasteiger partial charge in [0, 0.05) is 12.1 Å². The highest BCUT2D eigenvalue weighted by Gasteiger charge is 2.11. The fourth-order valence-corrected chi connectivity index (χ4v) is 2.56. The summed E-state index contributed by atoms with van der Waals surface area (Å²) in [4.78, 5) is 12.2. The highest BCUT2D eigenvalue weighted by Crippen LogP contribution is 2.27. The summed E-state index contributed by atoms with van der Waals surface area (Å²) in [6.45, 7) is 0.284. The largest absolute Gasteiger partial charge is 0.493 e. The van der Waals surface area contributed by atoms with Crippen molar-refractivity contribution in [3.8, 4) is 17.2 Å². The highest BCUT2D eigenvalue weighted by atomic mass is 32.2. The van der Waals surface area contributed by atoms with Crippen molar-refractivity contribution < 1.29 is 26.9 Å². The van der Waals surface area contributed by atoms with Crippen LogP contribution < -0.4 is 19.0 Å². The third-order valence-electron chi connectivity index (χ3n) is 3.27. The van der Waals surface area contributed by atoms with Gasteiger partial charge in [-0.05, 0) is 35.9 Å². The molecular weight excluding hydrogens is 346 g/mol. The zero-order valence-corrected chi connectivity index (χ0v) is 14.9. The second kappa shape index (κ2) is 7.89. The molecule has 2 rings (SSSR count). The molecule has 0 atom stereocenters. The van der Waals surface area contributed by atoms with Gasteiger partial charge in [-0.15, -0.1) is 0 Å². The van der Waals surface area contributed by atoms with Gasteiger partial charge in [-0.25, -0.2) is 0 Å². The number of benzene rings is 2. The summed E-state index contributed by atoms with van der Waals surface area (Å²) in [7, 11) is -0.534. The Morgan fingerprint density at radius 2 is 1.64 bits per heavy atom. The van der Waals surface area contributed by atoms with Crippen LogP contribution >= 0.6 is 0 Å². The normalized spacial score (nSPS) is 10.8. The Morgan fingerprint density at radius 1 is 1.00 bits per heavy atom. The van der Waals surface area contributed by atoms with Gasteiger partial charge in [-0.3, -0.25) is 4.79 Å². The molecule has 0 aliphatic carbocycles. The molecular formula is C17H19NO6S. The number of ether oxygens (including phenoxy) is 2. The molecule has 7 nitrogen and oxygen atoms in total. The predicted octanol–water partition coefficient (Wildman–Crippen LogP) is 1.97. The van der Waals surface area contributed by atoms with Gasteiger partial charge in [0.15, 0.2) is 11.5 Å². The number of hydrogen-bond acceptors (Lipinski definition) is 6. The number of hydrogen-bond donors (Lipinski definition) is 1. The molecule has 0 heterocycles. The van der Waals surface area contributed by atoms with Gasteiger partial charge in [-0.2, -0.15) is 8.42 Å². The van der Waals surface area contributed by atoms with Gasteiger partial charge < -0.3 is 19.0 Å². The SMILES string of the molecule is COc1ccc(C(=O)NCc2ccc(OS(C)(=O)=O)cc2)cc1OC. The molecule has 0 radical (unpaired) electrons. The van der Waals surface area contributed by atoms with Crippen LogP contribution in [-0.2, 0) is 16.7 Å². The molecule has 134 valence electrons. The maximum Gasteiger partial charge on any atom is 0.306 e. The van der Waals surface area contributed by atoms with Crippen molar-refractivity contribution in [2.45, 2.75) is 6.54 Å². The third kappa shape index (κ3) is 5.39. The molecule has 0 aliphatic heterocycles. The van der Waals surface area contributed by atoms with Gasteiger partial charge in [0.2, 0.25) is 0 Å². The summed E-state index contributed by atoms with van der Waals surface area (Å²) in [6, 6.07) is 11.3. The van der Waals surface area contributed by atoms with Crippen LogP contribution in [0, 0.1) is 0 Å². The van der Waals surface area contributed by atoms with Crippen molar-refractivity contribution in [2.24, 2.45) is 0 Å². The quantitative estimate of drug-likeness (QED) is 0.755. The van der Waals surface area contributed by atoms with Crippen LogP contribution in [0.4, 0.5) is 0 Å². The number of nitrogens with one attached hydrogen (secondary N) is 1. The molecule has 0 bridgehead atoms. The molecule has 0 saturated carbocycles. The van der Waals surface area contributed by atoms with Crippen molar-refractivity contribution >= 4 is 16.0 Å². The van der Waals surface area contributed by atoms with Crippen molar-refractivity contribution in [1.29, 1.82) is 0 Å². The highest BCUT2D eigenvalue weighted by molar-refractivity contribution is 7.86. The molecule has 0 fully saturated rings. The second-order valence-corrected chi connectivity index (χ2v) is 6.76. The monoisotopic (exact) mass is 365 g/mol. The molecule has 25 heavy (non-hydrogen) atoms. The fraction of sp³-hybridized carbons (Fsp3) is 0.235. The lowest BCUT2D eigenvalue weighted by Gasteiger charge is -2.10. The van der Waals surface area contributed by atoms with Crippen molar-refractivity contribution in [2.75, 3.05) is 20.5 Å². The van der Waals surface area contributed by atoms with Gasteiger partial charge in [0.1, 0.15) is 5.75 Å². The number of amides is 1. The molecule has 0 aliphatic rings. The molecule has 8 heteroatoms. The van der Waals surface area contributed by atoms with Gasteiger partial charge in [0.05, 0.1) is 20.5 Å². The number of carbonyl (C=O) groups excluding carboxylic acids is 1. The summed E-state index contributed by atoms with van der Waals surface area (Å²) in [5, 5.41) is 2.78. The maximum absolute atomic E-state index is 12.2. The lowest BCUT2D eigenvalue weighted by atomic mass is 10.1. The smallest absolute Gasteiger partial charge is 0.306 e. The minimum absolute atomic E-state index is 0.220. The Labute approximate surface area is 146 Å². The average Bonchev–Trinajstić information content (AvgIpc) is 2.58. The Bertz CT molecular complexity index is 846. The van der Waals surface area contributed by atoms with E-state index in [9.17, 15) is 13.2 Å². The lowest BCUT2D eigenvalue weighted by molar-refractivity contribution is 0.0950. The van der Waals surface area contributed by atoms with Crippen molar-refractivity contribution in [3.63, 3.8) is 0 Å². The summed E-state index contributed by atoms with van der Waals surface area (Å²) < 4.78 is 37.2. The van der Waals surface area contributed by atoms with Crippen LogP contribution in [0.1, 0.15) is 15.9 Å². The lowest BCUT2D eigenvalue weighted by Crippen LogP contribution is -2.22. The van der Waals surface area contributed by atoms with Crippen LogP contribution in [0.5, 0.6) is 17.2 Å². The Kier molecular flexibility index (Phi) is 5.87. The topological polar surface area (TPSA) is 90.9 Å². The molecule has 1 amide bonds. The van der Waals surface area contributed by atoms with Crippen molar-refractivity contribution in [1.82, 2.24) is 5.32 Å². The first-order valence-corrected chi connectivity index (χ1v) is 9.12. The molecule has 0 saturated heterocycles. The maximum atomic E-state index is 12.2. The predicted molar refractivity (Wildman–Crippen MR) is 92.6 cm³/mol. The van der Waals surface area contributed by atoms with E-state index < -0.39 is 10.1 Å². The van der Waals surface area contributed by atoms with Crippen LogP contribution in [0.3, 0.4) is 0 Å². The number of methoxy groups -OCH3 is 2. The van der Waals surface area contributed by atoms with Crippen LogP contribution in [0.2, 0.25) is 0 Å². The van der Waals surface area contributed by atoms with E-state index in [0.29, 0.717) is 17.1 Å². The molecule has 2 aromatic carbocycles. The summed E-state index contributed by atoms with van der Waals surface area (Å²) in [5.41, 5.74) is 1.24. The third-order valence-corrected chi connectivity index (χ3v) is 3.76. The van der Waals surface area contributed by atoms with Crippen LogP contribution in [-0.4, -0.2) is 34.8 Å². The van der Waals surface area contributed by atoms with Gasteiger partial charge >= 0.3 is 10.1 Å². The zero-order valence-electron chi connectivity index (χ0n) is 14.1. The summed E-state index contributed by atoms with van der Waals surface area (Å²) >= 11 is 0. The molecule has 1 N–H and O–H groups in total. The summed E-state index contributed by atoms with van der Waals surface area (Å²) in [5.74, 6) is 0.966. The Hall–Kier alpha value is -2.74. The summed E-state index contributed by atoms with van der Waals surface area (Å²) in [6.07, 6.45) is 0.976. The van der Waals surface area contributed by atoms with E-state index in [1.165, 1.54) is 26.4 Å². The van der Waals surface area contributed by atoms with Crippen LogP contribution in [0.25, 0.3) is 0 Å². The van der Waals surface area contributed by atoms with E-state index in [4.69, 9.17) is 13.7 Å².